The average Bonchev–Trinajstić information content (AvgIpc) is 3.04. The van der Waals surface area contributed by atoms with E-state index in [9.17, 15) is 17.6 Å². The Balaban J connectivity index is 1.98. The largest absolute Gasteiger partial charge is 0.455 e. The Morgan fingerprint density at radius 2 is 1.97 bits per heavy atom. The van der Waals surface area contributed by atoms with Crippen molar-refractivity contribution in [3.8, 4) is 11.3 Å². The summed E-state index contributed by atoms with van der Waals surface area (Å²) in [6.07, 6.45) is 4.14. The molecule has 6 nitrogen and oxygen atoms in total. The lowest BCUT2D eigenvalue weighted by atomic mass is 9.98. The first kappa shape index (κ1) is 16.9. The maximum Gasteiger partial charge on any atom is 0.255 e. The second-order valence-corrected chi connectivity index (χ2v) is 9.30. The molecule has 1 N–H and O–H groups in total. The highest BCUT2D eigenvalue weighted by Gasteiger charge is 2.27. The third kappa shape index (κ3) is 3.67. The van der Waals surface area contributed by atoms with Gasteiger partial charge < -0.3 is 9.73 Å². The van der Waals surface area contributed by atoms with Crippen LogP contribution in [0.2, 0.25) is 0 Å². The molecule has 2 heterocycles. The van der Waals surface area contributed by atoms with Crippen LogP contribution in [0.4, 0.5) is 10.1 Å². The van der Waals surface area contributed by atoms with Gasteiger partial charge in [0.2, 0.25) is 10.0 Å². The summed E-state index contributed by atoms with van der Waals surface area (Å²) in [7, 11) is -3.55. The lowest BCUT2D eigenvalue weighted by molar-refractivity contribution is 0.0964. The van der Waals surface area contributed by atoms with E-state index in [4.69, 9.17) is 8.53 Å². The van der Waals surface area contributed by atoms with Gasteiger partial charge in [-0.3, -0.25) is 9.10 Å². The Morgan fingerprint density at radius 1 is 1.20 bits per heavy atom. The molecule has 0 unspecified atom stereocenters. The van der Waals surface area contributed by atoms with Gasteiger partial charge in [0, 0.05) is 34.6 Å². The molecule has 0 bridgehead atoms. The number of hydrogen-bond acceptors (Lipinski definition) is 4. The van der Waals surface area contributed by atoms with Gasteiger partial charge in [0.1, 0.15) is 17.2 Å². The fourth-order valence-corrected chi connectivity index (χ4v) is 4.90. The number of carbonyl (C=O) groups excluding carboxylic acids is 1. The van der Waals surface area contributed by atoms with Crippen molar-refractivity contribution in [2.24, 2.45) is 0 Å². The minimum absolute atomic E-state index is 0.00324. The van der Waals surface area contributed by atoms with Crippen LogP contribution >= 0.6 is 0 Å². The lowest BCUT2D eigenvalue weighted by Crippen LogP contribution is -2.32. The second-order valence-electron chi connectivity index (χ2n) is 7.39. The quantitative estimate of drug-likeness (QED) is 0.675. The molecule has 1 amide bonds. The van der Waals surface area contributed by atoms with Crippen molar-refractivity contribution in [3.63, 3.8) is 0 Å². The highest BCUT2D eigenvalue weighted by molar-refractivity contribution is 7.92. The summed E-state index contributed by atoms with van der Waals surface area (Å²) < 4.78 is 68.0. The minimum Gasteiger partial charge on any atom is -0.455 e. The number of rotatable bonds is 3. The summed E-state index contributed by atoms with van der Waals surface area (Å²) in [5, 5.41) is 2.36. The molecule has 30 heavy (non-hydrogen) atoms. The van der Waals surface area contributed by atoms with E-state index in [-0.39, 0.29) is 16.9 Å². The smallest absolute Gasteiger partial charge is 0.255 e. The first-order chi connectivity index (χ1) is 15.4. The second kappa shape index (κ2) is 7.75. The van der Waals surface area contributed by atoms with Gasteiger partial charge in [0.25, 0.3) is 5.91 Å². The molecule has 0 spiro atoms. The molecular weight excluding hydrogens is 407 g/mol. The summed E-state index contributed by atoms with van der Waals surface area (Å²) >= 11 is 0. The zero-order chi connectivity index (χ0) is 24.0. The van der Waals surface area contributed by atoms with Gasteiger partial charge >= 0.3 is 0 Å². The summed E-state index contributed by atoms with van der Waals surface area (Å²) in [6.45, 7) is -2.40. The van der Waals surface area contributed by atoms with Crippen molar-refractivity contribution >= 4 is 32.6 Å². The Kier molecular flexibility index (Phi) is 4.36. The molecule has 8 heteroatoms. The zero-order valence-corrected chi connectivity index (χ0v) is 17.2. The molecule has 0 saturated carbocycles. The van der Waals surface area contributed by atoms with Crippen molar-refractivity contribution in [2.45, 2.75) is 25.7 Å². The number of anilines is 1. The molecule has 0 saturated heterocycles. The summed E-state index contributed by atoms with van der Waals surface area (Å²) in [5.41, 5.74) is 1.83. The van der Waals surface area contributed by atoms with Gasteiger partial charge in [0.05, 0.1) is 17.5 Å². The average molecular weight is 434 g/mol. The molecule has 2 aromatic carbocycles. The molecule has 0 fully saturated rings. The predicted octanol–water partition coefficient (Wildman–Crippen LogP) is 4.09. The van der Waals surface area contributed by atoms with Crippen LogP contribution in [-0.2, 0) is 16.4 Å². The number of benzene rings is 2. The molecule has 0 atom stereocenters. The Hall–Kier alpha value is -2.87. The van der Waals surface area contributed by atoms with E-state index in [1.165, 1.54) is 28.6 Å². The number of aryl methyl sites for hydroxylation is 1. The van der Waals surface area contributed by atoms with E-state index in [1.807, 2.05) is 5.32 Å². The first-order valence-corrected chi connectivity index (χ1v) is 11.4. The van der Waals surface area contributed by atoms with E-state index >= 15 is 0 Å². The third-order valence-corrected chi connectivity index (χ3v) is 6.49. The van der Waals surface area contributed by atoms with Crippen LogP contribution in [0.5, 0.6) is 0 Å². The van der Waals surface area contributed by atoms with Crippen molar-refractivity contribution < 1.29 is 26.1 Å². The monoisotopic (exact) mass is 433 g/mol. The van der Waals surface area contributed by atoms with Crippen LogP contribution in [0.3, 0.4) is 0 Å². The van der Waals surface area contributed by atoms with Crippen LogP contribution in [-0.4, -0.2) is 34.1 Å². The lowest BCUT2D eigenvalue weighted by Gasteiger charge is -2.27. The van der Waals surface area contributed by atoms with Crippen molar-refractivity contribution in [2.75, 3.05) is 24.1 Å². The summed E-state index contributed by atoms with van der Waals surface area (Å²) in [4.78, 5) is 13.0. The number of sulfonamides is 1. The van der Waals surface area contributed by atoms with Crippen LogP contribution in [0.15, 0.2) is 40.8 Å². The number of nitrogens with one attached hydrogen (secondary N) is 1. The van der Waals surface area contributed by atoms with E-state index in [0.717, 1.165) is 31.1 Å². The normalized spacial score (nSPS) is 16.7. The molecule has 1 aromatic heterocycles. The molecule has 4 rings (SSSR count). The maximum atomic E-state index is 13.5. The standard InChI is InChI=1S/C22H23FN2O4S/c1-24-22(26)20-17-12-15-6-4-3-5-11-25(30(2,27)28)18(15)13-19(17)29-21(20)14-7-9-16(23)10-8-14/h7-10,12-13H,3-6,11H2,1-2H3,(H,24,26)/i1D3. The van der Waals surface area contributed by atoms with Crippen molar-refractivity contribution in [1.82, 2.24) is 5.32 Å². The number of carbonyl (C=O) groups is 1. The van der Waals surface area contributed by atoms with Crippen molar-refractivity contribution in [1.29, 1.82) is 0 Å². The van der Waals surface area contributed by atoms with Gasteiger partial charge in [-0.25, -0.2) is 12.8 Å². The number of furan rings is 1. The Labute approximate surface area is 178 Å². The fraction of sp³-hybridized carbons (Fsp3) is 0.318. The summed E-state index contributed by atoms with van der Waals surface area (Å²) in [6, 6.07) is 8.54. The zero-order valence-electron chi connectivity index (χ0n) is 19.4. The van der Waals surface area contributed by atoms with Crippen LogP contribution < -0.4 is 9.62 Å². The number of nitrogens with zero attached hydrogens (tertiary/aromatic N) is 1. The number of fused-ring (bicyclic) bond motifs is 2. The topological polar surface area (TPSA) is 79.6 Å². The Bertz CT molecular complexity index is 1320. The van der Waals surface area contributed by atoms with Crippen molar-refractivity contribution in [3.05, 3.63) is 53.3 Å². The molecule has 3 aromatic rings. The molecule has 1 aliphatic rings. The predicted molar refractivity (Wildman–Crippen MR) is 115 cm³/mol. The molecule has 0 aliphatic carbocycles. The van der Waals surface area contributed by atoms with Gasteiger partial charge in [-0.2, -0.15) is 0 Å². The number of hydrogen-bond donors (Lipinski definition) is 1. The minimum atomic E-state index is -3.55. The highest BCUT2D eigenvalue weighted by atomic mass is 32.2. The molecule has 0 radical (unpaired) electrons. The molecular formula is C22H23FN2O4S. The first-order valence-electron chi connectivity index (χ1n) is 11.1. The third-order valence-electron chi connectivity index (χ3n) is 5.31. The highest BCUT2D eigenvalue weighted by Crippen LogP contribution is 2.39. The maximum absolute atomic E-state index is 13.5. The fourth-order valence-electron chi connectivity index (χ4n) is 3.91. The van der Waals surface area contributed by atoms with Crippen LogP contribution in [0.25, 0.3) is 22.3 Å². The number of amides is 1. The van der Waals surface area contributed by atoms with E-state index in [1.54, 1.807) is 12.1 Å². The van der Waals surface area contributed by atoms with Crippen LogP contribution in [0, 0.1) is 5.82 Å². The Morgan fingerprint density at radius 3 is 2.67 bits per heavy atom. The van der Waals surface area contributed by atoms with E-state index in [0.29, 0.717) is 29.6 Å². The van der Waals surface area contributed by atoms with Gasteiger partial charge in [-0.1, -0.05) is 6.42 Å². The summed E-state index contributed by atoms with van der Waals surface area (Å²) in [5.74, 6) is -1.26. The van der Waals surface area contributed by atoms with E-state index < -0.39 is 28.7 Å². The molecule has 1 aliphatic heterocycles. The van der Waals surface area contributed by atoms with Gasteiger partial charge in [-0.05, 0) is 55.2 Å². The SMILES string of the molecule is [2H]C([2H])([2H])NC(=O)c1c(-c2ccc(F)cc2)oc2cc3c(cc12)CCCCCN3S(C)(=O)=O. The van der Waals surface area contributed by atoms with Crippen LogP contribution in [0.1, 0.15) is 39.3 Å². The number of halogens is 1. The molecule has 158 valence electrons. The van der Waals surface area contributed by atoms with Gasteiger partial charge in [0.15, 0.2) is 0 Å². The van der Waals surface area contributed by atoms with Gasteiger partial charge in [-0.15, -0.1) is 0 Å². The van der Waals surface area contributed by atoms with E-state index in [2.05, 4.69) is 0 Å².